The molecule has 3 N–H and O–H groups in total. The molecule has 4 bridgehead atoms. The fraction of sp³-hybridized carbons (Fsp3) is 0.810. The van der Waals surface area contributed by atoms with Crippen molar-refractivity contribution < 1.29 is 9.59 Å². The van der Waals surface area contributed by atoms with E-state index in [2.05, 4.69) is 30.7 Å². The second-order valence-corrected chi connectivity index (χ2v) is 9.95. The minimum absolute atomic E-state index is 0.00803. The third kappa shape index (κ3) is 4.12. The number of piperidine rings is 1. The molecule has 5 fully saturated rings. The Morgan fingerprint density at radius 3 is 2.31 bits per heavy atom. The fourth-order valence-electron chi connectivity index (χ4n) is 6.81. The van der Waals surface area contributed by atoms with Gasteiger partial charge in [0.15, 0.2) is 0 Å². The topological polar surface area (TPSA) is 103 Å². The standard InChI is InChI=1S/C21H32N6O2/c28-17(12-21-9-14-6-15(10-21)8-16(7-14)11-21)22-13-18(29)23-19-24-20(26-25-19)27-4-2-1-3-5-27/h14-16H,1-13H2,(H,22,28)(H2,23,24,25,26,29). The number of hydrogen-bond donors (Lipinski definition) is 3. The molecule has 2 heterocycles. The first-order valence-corrected chi connectivity index (χ1v) is 11.3. The molecule has 8 nitrogen and oxygen atoms in total. The zero-order valence-electron chi connectivity index (χ0n) is 17.1. The monoisotopic (exact) mass is 400 g/mol. The summed E-state index contributed by atoms with van der Waals surface area (Å²) in [5.74, 6) is 3.20. The van der Waals surface area contributed by atoms with Crippen molar-refractivity contribution in [2.75, 3.05) is 29.9 Å². The van der Waals surface area contributed by atoms with Crippen molar-refractivity contribution in [2.45, 2.75) is 64.2 Å². The molecule has 1 aromatic heterocycles. The maximum absolute atomic E-state index is 12.6. The highest BCUT2D eigenvalue weighted by Gasteiger charge is 2.51. The molecule has 29 heavy (non-hydrogen) atoms. The summed E-state index contributed by atoms with van der Waals surface area (Å²) in [5.41, 5.74) is 0.198. The minimum Gasteiger partial charge on any atom is -0.347 e. The molecule has 2 amide bonds. The van der Waals surface area contributed by atoms with Crippen molar-refractivity contribution in [2.24, 2.45) is 23.2 Å². The molecule has 4 saturated carbocycles. The maximum Gasteiger partial charge on any atom is 0.246 e. The average molecular weight is 401 g/mol. The molecule has 0 radical (unpaired) electrons. The van der Waals surface area contributed by atoms with Crippen LogP contribution in [0, 0.1) is 23.2 Å². The molecule has 0 aromatic carbocycles. The highest BCUT2D eigenvalue weighted by Crippen LogP contribution is 2.61. The summed E-state index contributed by atoms with van der Waals surface area (Å²) in [6, 6.07) is 0. The van der Waals surface area contributed by atoms with Crippen LogP contribution in [0.15, 0.2) is 0 Å². The van der Waals surface area contributed by atoms with Crippen LogP contribution < -0.4 is 15.5 Å². The lowest BCUT2D eigenvalue weighted by molar-refractivity contribution is -0.131. The highest BCUT2D eigenvalue weighted by atomic mass is 16.2. The number of H-pyrrole nitrogens is 1. The molecule has 0 atom stereocenters. The summed E-state index contributed by atoms with van der Waals surface area (Å²) in [7, 11) is 0. The Bertz CT molecular complexity index is 734. The van der Waals surface area contributed by atoms with Crippen LogP contribution in [0.25, 0.3) is 0 Å². The molecule has 0 spiro atoms. The van der Waals surface area contributed by atoms with Gasteiger partial charge >= 0.3 is 0 Å². The fourth-order valence-corrected chi connectivity index (χ4v) is 6.81. The summed E-state index contributed by atoms with van der Waals surface area (Å²) in [6.07, 6.45) is 11.8. The molecule has 1 saturated heterocycles. The number of hydrogen-bond acceptors (Lipinski definition) is 5. The van der Waals surface area contributed by atoms with E-state index in [1.165, 1.54) is 44.9 Å². The quantitative estimate of drug-likeness (QED) is 0.681. The number of aromatic amines is 1. The van der Waals surface area contributed by atoms with Gasteiger partial charge in [-0.1, -0.05) is 0 Å². The number of aromatic nitrogens is 3. The van der Waals surface area contributed by atoms with E-state index in [-0.39, 0.29) is 23.8 Å². The van der Waals surface area contributed by atoms with Crippen LogP contribution in [0.2, 0.25) is 0 Å². The van der Waals surface area contributed by atoms with E-state index in [0.29, 0.717) is 18.3 Å². The highest BCUT2D eigenvalue weighted by molar-refractivity contribution is 5.93. The van der Waals surface area contributed by atoms with Crippen molar-refractivity contribution in [3.05, 3.63) is 0 Å². The Hall–Kier alpha value is -2.12. The summed E-state index contributed by atoms with van der Waals surface area (Å²) in [5, 5.41) is 12.5. The van der Waals surface area contributed by atoms with Gasteiger partial charge in [-0.3, -0.25) is 14.9 Å². The molecule has 4 aliphatic carbocycles. The van der Waals surface area contributed by atoms with Crippen LogP contribution >= 0.6 is 0 Å². The maximum atomic E-state index is 12.6. The third-order valence-corrected chi connectivity index (χ3v) is 7.52. The van der Waals surface area contributed by atoms with E-state index in [1.54, 1.807) is 0 Å². The van der Waals surface area contributed by atoms with Crippen LogP contribution in [-0.4, -0.2) is 46.6 Å². The average Bonchev–Trinajstić information content (AvgIpc) is 3.14. The van der Waals surface area contributed by atoms with Gasteiger partial charge in [0.1, 0.15) is 0 Å². The SMILES string of the molecule is O=C(CC12CC3CC(CC(C3)C1)C2)NCC(=O)Nc1nc(N2CCCCC2)n[nH]1. The lowest BCUT2D eigenvalue weighted by Gasteiger charge is -2.56. The molecule has 5 aliphatic rings. The Morgan fingerprint density at radius 1 is 1.00 bits per heavy atom. The molecule has 1 aromatic rings. The Labute approximate surface area is 171 Å². The second-order valence-electron chi connectivity index (χ2n) is 9.95. The van der Waals surface area contributed by atoms with Gasteiger partial charge in [0.05, 0.1) is 6.54 Å². The zero-order chi connectivity index (χ0) is 19.8. The van der Waals surface area contributed by atoms with E-state index in [1.807, 2.05) is 0 Å². The first-order chi connectivity index (χ1) is 14.1. The number of rotatable bonds is 6. The van der Waals surface area contributed by atoms with Crippen molar-refractivity contribution >= 4 is 23.7 Å². The van der Waals surface area contributed by atoms with Crippen LogP contribution in [-0.2, 0) is 9.59 Å². The third-order valence-electron chi connectivity index (χ3n) is 7.52. The summed E-state index contributed by atoms with van der Waals surface area (Å²) in [6.45, 7) is 1.88. The molecule has 0 unspecified atom stereocenters. The molecule has 1 aliphatic heterocycles. The molecule has 8 heteroatoms. The van der Waals surface area contributed by atoms with Gasteiger partial charge in [-0.2, -0.15) is 4.98 Å². The van der Waals surface area contributed by atoms with Gasteiger partial charge in [-0.05, 0) is 81.0 Å². The van der Waals surface area contributed by atoms with E-state index in [9.17, 15) is 9.59 Å². The lowest BCUT2D eigenvalue weighted by Crippen LogP contribution is -2.48. The smallest absolute Gasteiger partial charge is 0.246 e. The van der Waals surface area contributed by atoms with E-state index in [4.69, 9.17) is 0 Å². The van der Waals surface area contributed by atoms with Gasteiger partial charge in [0.25, 0.3) is 0 Å². The van der Waals surface area contributed by atoms with Crippen molar-refractivity contribution in [1.82, 2.24) is 20.5 Å². The Morgan fingerprint density at radius 2 is 1.66 bits per heavy atom. The number of carbonyl (C=O) groups excluding carboxylic acids is 2. The summed E-state index contributed by atoms with van der Waals surface area (Å²) < 4.78 is 0. The number of nitrogens with zero attached hydrogens (tertiary/aromatic N) is 3. The zero-order valence-corrected chi connectivity index (χ0v) is 17.1. The van der Waals surface area contributed by atoms with Gasteiger partial charge < -0.3 is 10.2 Å². The number of amides is 2. The second kappa shape index (κ2) is 7.61. The molecular weight excluding hydrogens is 368 g/mol. The van der Waals surface area contributed by atoms with E-state index >= 15 is 0 Å². The Balaban J connectivity index is 1.09. The number of anilines is 2. The van der Waals surface area contributed by atoms with Gasteiger partial charge in [0, 0.05) is 19.5 Å². The van der Waals surface area contributed by atoms with Crippen LogP contribution in [0.5, 0.6) is 0 Å². The first-order valence-electron chi connectivity index (χ1n) is 11.3. The van der Waals surface area contributed by atoms with Gasteiger partial charge in [-0.25, -0.2) is 5.10 Å². The predicted molar refractivity (Wildman–Crippen MR) is 109 cm³/mol. The molecule has 158 valence electrons. The van der Waals surface area contributed by atoms with Gasteiger partial charge in [0.2, 0.25) is 23.7 Å². The molecule has 6 rings (SSSR count). The van der Waals surface area contributed by atoms with Crippen molar-refractivity contribution in [3.8, 4) is 0 Å². The lowest BCUT2D eigenvalue weighted by atomic mass is 9.49. The van der Waals surface area contributed by atoms with E-state index < -0.39 is 0 Å². The minimum atomic E-state index is -0.273. The number of carbonyl (C=O) groups is 2. The molecular formula is C21H32N6O2. The van der Waals surface area contributed by atoms with Crippen LogP contribution in [0.4, 0.5) is 11.9 Å². The van der Waals surface area contributed by atoms with Crippen molar-refractivity contribution in [1.29, 1.82) is 0 Å². The number of nitrogens with one attached hydrogen (secondary N) is 3. The van der Waals surface area contributed by atoms with E-state index in [0.717, 1.165) is 43.7 Å². The first kappa shape index (κ1) is 18.9. The van der Waals surface area contributed by atoms with Crippen molar-refractivity contribution in [3.63, 3.8) is 0 Å². The van der Waals surface area contributed by atoms with Crippen LogP contribution in [0.3, 0.4) is 0 Å². The van der Waals surface area contributed by atoms with Crippen LogP contribution in [0.1, 0.15) is 64.2 Å². The predicted octanol–water partition coefficient (Wildman–Crippen LogP) is 2.46. The summed E-state index contributed by atoms with van der Waals surface area (Å²) in [4.78, 5) is 31.3. The normalized spacial score (nSPS) is 33.0. The van der Waals surface area contributed by atoms with Gasteiger partial charge in [-0.15, -0.1) is 5.10 Å². The Kier molecular flexibility index (Phi) is 4.95. The largest absolute Gasteiger partial charge is 0.347 e. The summed E-state index contributed by atoms with van der Waals surface area (Å²) >= 11 is 0.